The summed E-state index contributed by atoms with van der Waals surface area (Å²) in [6, 6.07) is 8.09. The van der Waals surface area contributed by atoms with Crippen LogP contribution >= 0.6 is 10.8 Å². The lowest BCUT2D eigenvalue weighted by atomic mass is 9.74. The highest BCUT2D eigenvalue weighted by atomic mass is 32.3. The van der Waals surface area contributed by atoms with E-state index in [-0.39, 0.29) is 54.0 Å². The number of fused-ring (bicyclic) bond motifs is 2. The Bertz CT molecular complexity index is 1320. The largest absolute Gasteiger partial charge is 0.416 e. The van der Waals surface area contributed by atoms with Crippen LogP contribution in [0.5, 0.6) is 0 Å². The Kier molecular flexibility index (Phi) is 10.5. The predicted molar refractivity (Wildman–Crippen MR) is 167 cm³/mol. The van der Waals surface area contributed by atoms with Gasteiger partial charge in [-0.25, -0.2) is 8.70 Å². The quantitative estimate of drug-likeness (QED) is 0.217. The van der Waals surface area contributed by atoms with Crippen molar-refractivity contribution in [2.75, 3.05) is 24.2 Å². The maximum Gasteiger partial charge on any atom is 0.416 e. The molecule has 2 bridgehead atoms. The van der Waals surface area contributed by atoms with Crippen LogP contribution in [0.1, 0.15) is 68.6 Å². The van der Waals surface area contributed by atoms with E-state index in [4.69, 9.17) is 10.5 Å². The SMILES string of the molecule is C[C@@H]1CC([C@H](c2ccc(F)cc2)[C@H](N)C(=O)Nc2cccc(C(F)(F)F)c2CC[C@H]2CN[C@@H]3CCCS(O)(O)N2C3)C[C@H](C)O1. The highest BCUT2D eigenvalue weighted by Crippen LogP contribution is 2.49. The summed E-state index contributed by atoms with van der Waals surface area (Å²) >= 11 is 0. The average molecular weight is 657 g/mol. The van der Waals surface area contributed by atoms with Gasteiger partial charge >= 0.3 is 6.18 Å². The molecule has 2 aromatic carbocycles. The summed E-state index contributed by atoms with van der Waals surface area (Å²) in [5, 5.41) is 6.11. The molecule has 3 aliphatic heterocycles. The number of ether oxygens (including phenoxy) is 1. The van der Waals surface area contributed by atoms with Crippen LogP contribution in [0.2, 0.25) is 0 Å². The maximum atomic E-state index is 14.3. The number of benzene rings is 2. The fraction of sp³-hybridized carbons (Fsp3) is 0.594. The van der Waals surface area contributed by atoms with E-state index in [2.05, 4.69) is 10.6 Å². The molecule has 1 amide bonds. The Morgan fingerprint density at radius 1 is 1.16 bits per heavy atom. The van der Waals surface area contributed by atoms with Crippen molar-refractivity contribution in [2.45, 2.75) is 94.8 Å². The monoisotopic (exact) mass is 656 g/mol. The zero-order valence-electron chi connectivity index (χ0n) is 25.6. The van der Waals surface area contributed by atoms with E-state index in [9.17, 15) is 31.5 Å². The molecule has 13 heteroatoms. The number of halogens is 4. The van der Waals surface area contributed by atoms with Crippen molar-refractivity contribution in [3.63, 3.8) is 0 Å². The van der Waals surface area contributed by atoms with Gasteiger partial charge in [0.05, 0.1) is 29.6 Å². The van der Waals surface area contributed by atoms with E-state index in [1.807, 2.05) is 13.8 Å². The lowest BCUT2D eigenvalue weighted by Gasteiger charge is -2.49. The molecule has 8 atom stereocenters. The molecule has 3 aliphatic rings. The molecule has 0 aromatic heterocycles. The lowest BCUT2D eigenvalue weighted by Crippen LogP contribution is -2.55. The Hall–Kier alpha value is -2.26. The number of nitrogens with two attached hydrogens (primary N) is 1. The molecular formula is C32H44F4N4O4S. The number of nitrogens with one attached hydrogen (secondary N) is 2. The topological polar surface area (TPSA) is 120 Å². The van der Waals surface area contributed by atoms with Crippen LogP contribution in [-0.2, 0) is 22.1 Å². The number of anilines is 1. The van der Waals surface area contributed by atoms with E-state index >= 15 is 0 Å². The third-order valence-electron chi connectivity index (χ3n) is 9.45. The first-order valence-electron chi connectivity index (χ1n) is 15.7. The van der Waals surface area contributed by atoms with E-state index < -0.39 is 52.2 Å². The summed E-state index contributed by atoms with van der Waals surface area (Å²) in [4.78, 5) is 13.8. The molecule has 0 saturated carbocycles. The molecule has 6 N–H and O–H groups in total. The zero-order valence-corrected chi connectivity index (χ0v) is 26.4. The van der Waals surface area contributed by atoms with Gasteiger partial charge in [0.15, 0.2) is 0 Å². The smallest absolute Gasteiger partial charge is 0.376 e. The van der Waals surface area contributed by atoms with Crippen LogP contribution in [0.25, 0.3) is 0 Å². The summed E-state index contributed by atoms with van der Waals surface area (Å²) in [5.41, 5.74) is 6.38. The second kappa shape index (κ2) is 13.8. The standard InChI is InChI=1S/C32H44F4N4O4S/c1-19-15-22(16-20(2)44-19)29(21-8-10-23(33)11-9-21)30(37)31(41)39-28-7-3-6-27(32(34,35)36)26(28)13-12-25-17-38-24-5-4-14-45(42,43)40(25)18-24/h3,6-11,19-20,22,24-25,29-30,38,42-43H,4-5,12-18,37H2,1-2H3,(H,39,41)/t19-,20+,22?,24-,25+,29+,30+/m1/s1. The number of rotatable bonds is 8. The van der Waals surface area contributed by atoms with E-state index in [1.54, 1.807) is 16.4 Å². The van der Waals surface area contributed by atoms with Crippen LogP contribution in [0.4, 0.5) is 23.2 Å². The van der Waals surface area contributed by atoms with Crippen molar-refractivity contribution >= 4 is 22.4 Å². The Balaban J connectivity index is 1.41. The Labute approximate surface area is 263 Å². The zero-order chi connectivity index (χ0) is 32.5. The van der Waals surface area contributed by atoms with Gasteiger partial charge in [0.25, 0.3) is 0 Å². The summed E-state index contributed by atoms with van der Waals surface area (Å²) in [5.74, 6) is -1.43. The third-order valence-corrected chi connectivity index (χ3v) is 11.5. The fourth-order valence-electron chi connectivity index (χ4n) is 7.41. The highest BCUT2D eigenvalue weighted by molar-refractivity contribution is 8.22. The van der Waals surface area contributed by atoms with Crippen molar-refractivity contribution in [3.8, 4) is 0 Å². The molecule has 2 unspecified atom stereocenters. The first-order chi connectivity index (χ1) is 21.2. The van der Waals surface area contributed by atoms with Crippen molar-refractivity contribution in [1.82, 2.24) is 9.62 Å². The fourth-order valence-corrected chi connectivity index (χ4v) is 9.27. The highest BCUT2D eigenvalue weighted by Gasteiger charge is 2.41. The molecular weight excluding hydrogens is 612 g/mol. The molecule has 0 spiro atoms. The molecule has 0 aliphatic carbocycles. The number of carbonyl (C=O) groups excluding carboxylic acids is 1. The van der Waals surface area contributed by atoms with Crippen molar-refractivity contribution in [3.05, 3.63) is 65.0 Å². The first-order valence-corrected chi connectivity index (χ1v) is 17.3. The number of alkyl halides is 3. The number of piperazine rings is 1. The molecule has 5 rings (SSSR count). The maximum absolute atomic E-state index is 14.3. The summed E-state index contributed by atoms with van der Waals surface area (Å²) < 4.78 is 85.9. The van der Waals surface area contributed by atoms with Crippen LogP contribution in [0, 0.1) is 11.7 Å². The number of hydrogen-bond acceptors (Lipinski definition) is 7. The summed E-state index contributed by atoms with van der Waals surface area (Å²) in [6.07, 6.45) is -1.99. The summed E-state index contributed by atoms with van der Waals surface area (Å²) in [7, 11) is -3.03. The minimum atomic E-state index is -4.68. The molecule has 3 saturated heterocycles. The molecule has 2 aromatic rings. The second-order valence-corrected chi connectivity index (χ2v) is 14.9. The Morgan fingerprint density at radius 3 is 2.51 bits per heavy atom. The molecule has 45 heavy (non-hydrogen) atoms. The van der Waals surface area contributed by atoms with Gasteiger partial charge in [-0.3, -0.25) is 13.9 Å². The van der Waals surface area contributed by atoms with Crippen LogP contribution in [0.3, 0.4) is 0 Å². The van der Waals surface area contributed by atoms with Gasteiger partial charge in [0.2, 0.25) is 5.91 Å². The van der Waals surface area contributed by atoms with Crippen LogP contribution < -0.4 is 16.4 Å². The normalized spacial score (nSPS) is 30.5. The van der Waals surface area contributed by atoms with Gasteiger partial charge in [-0.15, -0.1) is 10.8 Å². The van der Waals surface area contributed by atoms with Crippen molar-refractivity contribution in [2.24, 2.45) is 11.7 Å². The summed E-state index contributed by atoms with van der Waals surface area (Å²) in [6.45, 7) is 4.72. The lowest BCUT2D eigenvalue weighted by molar-refractivity contribution is -0.138. The van der Waals surface area contributed by atoms with Gasteiger partial charge in [0, 0.05) is 36.8 Å². The molecule has 3 heterocycles. The minimum Gasteiger partial charge on any atom is -0.376 e. The number of nitrogens with zero attached hydrogens (tertiary/aromatic N) is 1. The number of carbonyl (C=O) groups is 1. The van der Waals surface area contributed by atoms with E-state index in [0.29, 0.717) is 37.9 Å². The van der Waals surface area contributed by atoms with Gasteiger partial charge in [-0.05, 0) is 93.7 Å². The number of hydrogen-bond donors (Lipinski definition) is 5. The van der Waals surface area contributed by atoms with Crippen molar-refractivity contribution in [1.29, 1.82) is 0 Å². The van der Waals surface area contributed by atoms with Gasteiger partial charge in [-0.2, -0.15) is 13.2 Å². The average Bonchev–Trinajstić information content (AvgIpc) is 3.08. The van der Waals surface area contributed by atoms with Crippen LogP contribution in [0.15, 0.2) is 42.5 Å². The second-order valence-electron chi connectivity index (χ2n) is 12.8. The van der Waals surface area contributed by atoms with E-state index in [1.165, 1.54) is 24.3 Å². The molecule has 250 valence electrons. The predicted octanol–water partition coefficient (Wildman–Crippen LogP) is 6.13. The molecule has 8 nitrogen and oxygen atoms in total. The van der Waals surface area contributed by atoms with Crippen molar-refractivity contribution < 1.29 is 36.2 Å². The first kappa shape index (κ1) is 34.1. The third kappa shape index (κ3) is 8.01. The van der Waals surface area contributed by atoms with Crippen LogP contribution in [-0.4, -0.2) is 68.5 Å². The molecule has 3 fully saturated rings. The van der Waals surface area contributed by atoms with Gasteiger partial charge in [-0.1, -0.05) is 18.2 Å². The Morgan fingerprint density at radius 2 is 1.84 bits per heavy atom. The molecule has 0 radical (unpaired) electrons. The van der Waals surface area contributed by atoms with Gasteiger partial charge in [0.1, 0.15) is 5.82 Å². The van der Waals surface area contributed by atoms with E-state index in [0.717, 1.165) is 12.5 Å². The number of amides is 1. The minimum absolute atomic E-state index is 0.0148. The van der Waals surface area contributed by atoms with Gasteiger partial charge < -0.3 is 21.1 Å².